The fraction of sp³-hybridized carbons (Fsp3) is 0.333. The number of nitrogen functional groups attached to an aromatic ring is 1. The minimum Gasteiger partial charge on any atom is -0.383 e. The van der Waals surface area contributed by atoms with E-state index >= 15 is 0 Å². The van der Waals surface area contributed by atoms with Crippen molar-refractivity contribution in [3.8, 4) is 0 Å². The number of hydrogen-bond donors (Lipinski definition) is 3. The number of likely N-dealkylation sites (tertiary alicyclic amines) is 1. The summed E-state index contributed by atoms with van der Waals surface area (Å²) in [5.41, 5.74) is 7.82. The molecule has 3 aromatic rings. The number of H-pyrrole nitrogens is 1. The van der Waals surface area contributed by atoms with Crippen molar-refractivity contribution in [2.24, 2.45) is 5.92 Å². The number of amides is 2. The summed E-state index contributed by atoms with van der Waals surface area (Å²) in [7, 11) is 0. The number of hydrogen-bond acceptors (Lipinski definition) is 6. The summed E-state index contributed by atoms with van der Waals surface area (Å²) in [5.74, 6) is -0.561. The SMILES string of the molecule is C[C@H]1CC[C@H](c2ccsc2)N(C(=O)C(=O)Nc2cnc(N)c3cn[nH]c23)C1. The highest BCUT2D eigenvalue weighted by Gasteiger charge is 2.34. The van der Waals surface area contributed by atoms with Gasteiger partial charge in [-0.1, -0.05) is 6.92 Å². The van der Waals surface area contributed by atoms with E-state index < -0.39 is 11.8 Å². The van der Waals surface area contributed by atoms with Crippen molar-refractivity contribution < 1.29 is 9.59 Å². The normalized spacial score (nSPS) is 20.0. The van der Waals surface area contributed by atoms with Gasteiger partial charge in [0.15, 0.2) is 0 Å². The quantitative estimate of drug-likeness (QED) is 0.587. The van der Waals surface area contributed by atoms with Crippen LogP contribution in [0, 0.1) is 5.92 Å². The van der Waals surface area contributed by atoms with Crippen LogP contribution in [0.5, 0.6) is 0 Å². The molecule has 0 spiro atoms. The van der Waals surface area contributed by atoms with Crippen molar-refractivity contribution in [2.75, 3.05) is 17.6 Å². The fourth-order valence-corrected chi connectivity index (χ4v) is 4.25. The van der Waals surface area contributed by atoms with Crippen LogP contribution in [0.25, 0.3) is 10.9 Å². The Kier molecular flexibility index (Phi) is 4.53. The largest absolute Gasteiger partial charge is 0.383 e. The second-order valence-electron chi connectivity index (χ2n) is 6.88. The number of rotatable bonds is 2. The number of nitrogens with zero attached hydrogens (tertiary/aromatic N) is 3. The lowest BCUT2D eigenvalue weighted by molar-refractivity contribution is -0.146. The molecule has 1 saturated heterocycles. The molecular weight excluding hydrogens is 364 g/mol. The number of pyridine rings is 1. The van der Waals surface area contributed by atoms with Crippen LogP contribution in [0.4, 0.5) is 11.5 Å². The third-order valence-electron chi connectivity index (χ3n) is 4.97. The van der Waals surface area contributed by atoms with E-state index in [1.165, 1.54) is 12.4 Å². The number of carbonyl (C=O) groups excluding carboxylic acids is 2. The van der Waals surface area contributed by atoms with E-state index in [4.69, 9.17) is 5.73 Å². The first-order chi connectivity index (χ1) is 13.0. The summed E-state index contributed by atoms with van der Waals surface area (Å²) in [6, 6.07) is 1.95. The molecule has 1 fully saturated rings. The zero-order chi connectivity index (χ0) is 19.0. The van der Waals surface area contributed by atoms with Gasteiger partial charge in [-0.3, -0.25) is 14.7 Å². The number of fused-ring (bicyclic) bond motifs is 1. The van der Waals surface area contributed by atoms with Crippen molar-refractivity contribution in [2.45, 2.75) is 25.8 Å². The van der Waals surface area contributed by atoms with Gasteiger partial charge in [-0.25, -0.2) is 4.98 Å². The van der Waals surface area contributed by atoms with E-state index in [9.17, 15) is 9.59 Å². The Bertz CT molecular complexity index is 983. The lowest BCUT2D eigenvalue weighted by Crippen LogP contribution is -2.46. The highest BCUT2D eigenvalue weighted by Crippen LogP contribution is 2.34. The lowest BCUT2D eigenvalue weighted by Gasteiger charge is -2.38. The van der Waals surface area contributed by atoms with Gasteiger partial charge in [-0.05, 0) is 41.1 Å². The Labute approximate surface area is 159 Å². The molecule has 0 bridgehead atoms. The molecule has 140 valence electrons. The Morgan fingerprint density at radius 1 is 1.37 bits per heavy atom. The van der Waals surface area contributed by atoms with Gasteiger partial charge in [-0.2, -0.15) is 16.4 Å². The highest BCUT2D eigenvalue weighted by molar-refractivity contribution is 7.08. The molecule has 2 amide bonds. The van der Waals surface area contributed by atoms with Crippen LogP contribution < -0.4 is 11.1 Å². The van der Waals surface area contributed by atoms with E-state index in [2.05, 4.69) is 27.4 Å². The molecule has 0 unspecified atom stereocenters. The Morgan fingerprint density at radius 3 is 3.00 bits per heavy atom. The second kappa shape index (κ2) is 6.99. The van der Waals surface area contributed by atoms with E-state index in [1.54, 1.807) is 16.2 Å². The third-order valence-corrected chi connectivity index (χ3v) is 5.67. The third kappa shape index (κ3) is 3.25. The van der Waals surface area contributed by atoms with Crippen LogP contribution in [0.2, 0.25) is 0 Å². The molecule has 4 rings (SSSR count). The molecule has 3 aromatic heterocycles. The minimum absolute atomic E-state index is 0.0672. The second-order valence-corrected chi connectivity index (χ2v) is 7.66. The number of aromatic amines is 1. The van der Waals surface area contributed by atoms with Crippen LogP contribution in [-0.4, -0.2) is 38.4 Å². The molecule has 4 N–H and O–H groups in total. The summed E-state index contributed by atoms with van der Waals surface area (Å²) < 4.78 is 0. The molecule has 1 aliphatic rings. The van der Waals surface area contributed by atoms with E-state index in [0.717, 1.165) is 18.4 Å². The number of anilines is 2. The summed E-state index contributed by atoms with van der Waals surface area (Å²) >= 11 is 1.59. The van der Waals surface area contributed by atoms with Gasteiger partial charge in [0, 0.05) is 6.54 Å². The fourth-order valence-electron chi connectivity index (χ4n) is 3.54. The molecule has 0 saturated carbocycles. The maximum absolute atomic E-state index is 12.9. The molecular formula is C18H20N6O2S. The number of carbonyl (C=O) groups is 2. The van der Waals surface area contributed by atoms with E-state index in [0.29, 0.717) is 34.9 Å². The number of nitrogens with two attached hydrogens (primary N) is 1. The summed E-state index contributed by atoms with van der Waals surface area (Å²) in [4.78, 5) is 31.4. The summed E-state index contributed by atoms with van der Waals surface area (Å²) in [6.45, 7) is 2.66. The molecule has 9 heteroatoms. The van der Waals surface area contributed by atoms with Crippen LogP contribution in [0.15, 0.2) is 29.2 Å². The number of thiophene rings is 1. The van der Waals surface area contributed by atoms with Crippen molar-refractivity contribution in [1.29, 1.82) is 0 Å². The van der Waals surface area contributed by atoms with Crippen molar-refractivity contribution >= 4 is 45.6 Å². The zero-order valence-electron chi connectivity index (χ0n) is 14.8. The van der Waals surface area contributed by atoms with Crippen LogP contribution in [0.1, 0.15) is 31.4 Å². The predicted molar refractivity (Wildman–Crippen MR) is 104 cm³/mol. The first-order valence-corrected chi connectivity index (χ1v) is 9.70. The van der Waals surface area contributed by atoms with E-state index in [-0.39, 0.29) is 6.04 Å². The zero-order valence-corrected chi connectivity index (χ0v) is 15.6. The number of aromatic nitrogens is 3. The van der Waals surface area contributed by atoms with Gasteiger partial charge in [0.05, 0.1) is 35.0 Å². The van der Waals surface area contributed by atoms with Gasteiger partial charge in [-0.15, -0.1) is 0 Å². The van der Waals surface area contributed by atoms with Gasteiger partial charge >= 0.3 is 11.8 Å². The van der Waals surface area contributed by atoms with Crippen molar-refractivity contribution in [3.63, 3.8) is 0 Å². The van der Waals surface area contributed by atoms with Crippen LogP contribution in [0.3, 0.4) is 0 Å². The standard InChI is InChI=1S/C18H20N6O2S/c1-10-2-3-14(11-4-5-27-9-11)24(8-10)18(26)17(25)22-13-7-20-16(19)12-6-21-23-15(12)13/h4-7,9-10,14H,2-3,8H2,1H3,(H2,19,20)(H,21,23)(H,22,25)/t10-,14+/m0/s1. The first-order valence-electron chi connectivity index (χ1n) is 8.76. The van der Waals surface area contributed by atoms with E-state index in [1.807, 2.05) is 16.8 Å². The predicted octanol–water partition coefficient (Wildman–Crippen LogP) is 2.54. The van der Waals surface area contributed by atoms with Crippen molar-refractivity contribution in [3.05, 3.63) is 34.8 Å². The molecule has 1 aliphatic heterocycles. The first kappa shape index (κ1) is 17.5. The smallest absolute Gasteiger partial charge is 0.314 e. The molecule has 4 heterocycles. The molecule has 0 radical (unpaired) electrons. The highest BCUT2D eigenvalue weighted by atomic mass is 32.1. The van der Waals surface area contributed by atoms with Gasteiger partial charge < -0.3 is 16.0 Å². The number of piperidine rings is 1. The summed E-state index contributed by atoms with van der Waals surface area (Å²) in [6.07, 6.45) is 4.85. The molecule has 0 aromatic carbocycles. The van der Waals surface area contributed by atoms with Gasteiger partial charge in [0.1, 0.15) is 5.82 Å². The van der Waals surface area contributed by atoms with Gasteiger partial charge in [0.2, 0.25) is 0 Å². The maximum atomic E-state index is 12.9. The molecule has 2 atom stereocenters. The minimum atomic E-state index is -0.688. The summed E-state index contributed by atoms with van der Waals surface area (Å²) in [5, 5.41) is 14.0. The van der Waals surface area contributed by atoms with Crippen molar-refractivity contribution in [1.82, 2.24) is 20.1 Å². The molecule has 27 heavy (non-hydrogen) atoms. The topological polar surface area (TPSA) is 117 Å². The Hall–Kier alpha value is -2.94. The Morgan fingerprint density at radius 2 is 2.22 bits per heavy atom. The molecule has 0 aliphatic carbocycles. The monoisotopic (exact) mass is 384 g/mol. The average molecular weight is 384 g/mol. The lowest BCUT2D eigenvalue weighted by atomic mass is 9.91. The maximum Gasteiger partial charge on any atom is 0.314 e. The van der Waals surface area contributed by atoms with Crippen LogP contribution in [-0.2, 0) is 9.59 Å². The number of nitrogens with one attached hydrogen (secondary N) is 2. The van der Waals surface area contributed by atoms with Crippen LogP contribution >= 0.6 is 11.3 Å². The van der Waals surface area contributed by atoms with Gasteiger partial charge in [0.25, 0.3) is 0 Å². The Balaban J connectivity index is 1.57. The average Bonchev–Trinajstić information content (AvgIpc) is 3.35. The molecule has 8 nitrogen and oxygen atoms in total.